The van der Waals surface area contributed by atoms with Gasteiger partial charge in [-0.3, -0.25) is 0 Å². The molecule has 0 saturated carbocycles. The molecule has 2 unspecified atom stereocenters. The lowest BCUT2D eigenvalue weighted by molar-refractivity contribution is -0.152. The largest absolute Gasteiger partial charge is 0.493 e. The predicted molar refractivity (Wildman–Crippen MR) is 173 cm³/mol. The minimum atomic E-state index is -1.49. The summed E-state index contributed by atoms with van der Waals surface area (Å²) in [5, 5.41) is 23.8. The minimum absolute atomic E-state index is 0.0591. The number of nitrogens with zero attached hydrogens (tertiary/aromatic N) is 3. The third-order valence-corrected chi connectivity index (χ3v) is 9.19. The van der Waals surface area contributed by atoms with E-state index in [4.69, 9.17) is 46.6 Å². The maximum Gasteiger partial charge on any atom is 0.342 e. The molecular weight excluding hydrogens is 606 g/mol. The van der Waals surface area contributed by atoms with E-state index in [1.165, 1.54) is 7.11 Å². The molecule has 2 rings (SSSR count). The van der Waals surface area contributed by atoms with Crippen LogP contribution in [-0.2, 0) is 18.9 Å². The van der Waals surface area contributed by atoms with E-state index in [0.717, 1.165) is 6.04 Å². The number of methoxy groups -OCH3 is 1. The predicted octanol–water partition coefficient (Wildman–Crippen LogP) is 5.67. The number of hydrogen-bond acceptors (Lipinski definition) is 11. The molecule has 12 nitrogen and oxygen atoms in total. The highest BCUT2D eigenvalue weighted by molar-refractivity contribution is 7.80. The van der Waals surface area contributed by atoms with Gasteiger partial charge in [-0.05, 0) is 56.8 Å². The molecule has 0 radical (unpaired) electrons. The van der Waals surface area contributed by atoms with E-state index in [2.05, 4.69) is 29.7 Å². The van der Waals surface area contributed by atoms with Crippen LogP contribution in [0.3, 0.4) is 0 Å². The molecule has 2 N–H and O–H groups in total. The summed E-state index contributed by atoms with van der Waals surface area (Å²) in [6, 6.07) is 4.03. The van der Waals surface area contributed by atoms with Crippen molar-refractivity contribution in [2.45, 2.75) is 95.3 Å². The molecule has 1 heterocycles. The monoisotopic (exact) mass is 655 g/mol. The third kappa shape index (κ3) is 11.9. The number of thiol groups is 1. The second kappa shape index (κ2) is 17.4. The highest BCUT2D eigenvalue weighted by atomic mass is 32.1. The van der Waals surface area contributed by atoms with Crippen molar-refractivity contribution in [1.29, 1.82) is 0 Å². The van der Waals surface area contributed by atoms with Crippen molar-refractivity contribution in [3.8, 4) is 11.5 Å². The van der Waals surface area contributed by atoms with E-state index >= 15 is 0 Å². The van der Waals surface area contributed by atoms with Crippen molar-refractivity contribution >= 4 is 26.7 Å². The van der Waals surface area contributed by atoms with E-state index in [1.54, 1.807) is 45.1 Å². The molecule has 44 heavy (non-hydrogen) atoms. The first-order chi connectivity index (χ1) is 20.6. The topological polar surface area (TPSA) is 162 Å². The van der Waals surface area contributed by atoms with Crippen LogP contribution >= 0.6 is 12.6 Å². The summed E-state index contributed by atoms with van der Waals surface area (Å²) in [6.07, 6.45) is 0.533. The maximum atomic E-state index is 13.7. The first-order valence-corrected chi connectivity index (χ1v) is 19.0. The lowest BCUT2D eigenvalue weighted by atomic mass is 9.94. The van der Waals surface area contributed by atoms with Crippen molar-refractivity contribution in [1.82, 2.24) is 0 Å². The Balaban J connectivity index is 2.52. The summed E-state index contributed by atoms with van der Waals surface area (Å²) in [5.74, 6) is -1.20. The molecule has 0 aliphatic carbocycles. The number of carbonyl (C=O) groups is 1. The lowest BCUT2D eigenvalue weighted by Crippen LogP contribution is -2.35. The number of carbonyl (C=O) groups excluding carboxylic acids is 1. The molecule has 1 aromatic rings. The van der Waals surface area contributed by atoms with Crippen LogP contribution in [0.4, 0.5) is 0 Å². The van der Waals surface area contributed by atoms with E-state index in [0.29, 0.717) is 11.3 Å². The normalized spacial score (nSPS) is 20.9. The van der Waals surface area contributed by atoms with Gasteiger partial charge in [0.05, 0.1) is 32.0 Å². The number of aliphatic hydroxyl groups excluding tert-OH is 2. The minimum Gasteiger partial charge on any atom is -0.493 e. The molecule has 248 valence electrons. The van der Waals surface area contributed by atoms with Gasteiger partial charge in [0, 0.05) is 30.9 Å². The molecule has 1 aliphatic heterocycles. The molecule has 1 aromatic carbocycles. The molecule has 14 heteroatoms. The van der Waals surface area contributed by atoms with Crippen LogP contribution < -0.4 is 9.47 Å². The summed E-state index contributed by atoms with van der Waals surface area (Å²) in [5.41, 5.74) is 9.23. The fraction of sp³-hybridized carbons (Fsp3) is 0.700. The van der Waals surface area contributed by atoms with Crippen LogP contribution in [0.2, 0.25) is 25.7 Å². The van der Waals surface area contributed by atoms with Crippen LogP contribution in [-0.4, -0.2) is 88.1 Å². The quantitative estimate of drug-likeness (QED) is 0.0208. The van der Waals surface area contributed by atoms with E-state index in [-0.39, 0.29) is 50.2 Å². The highest BCUT2D eigenvalue weighted by Crippen LogP contribution is 2.43. The average Bonchev–Trinajstić information content (AvgIpc) is 3.25. The van der Waals surface area contributed by atoms with E-state index < -0.39 is 49.5 Å². The number of ether oxygens (including phenoxy) is 6. The SMILES string of the molecule is COCOc1ccc(OCCN=[N+]=[N-])c(C(S)C[C@H]2OC(C)(C)O[C@@H]2C(O)/C=C\[C@@H](C)[C@H](C)O)c1C(=O)OCC[Si](C)(C)C. The van der Waals surface area contributed by atoms with Gasteiger partial charge in [0.25, 0.3) is 0 Å². The smallest absolute Gasteiger partial charge is 0.342 e. The molecule has 0 aromatic heterocycles. The van der Waals surface area contributed by atoms with E-state index in [9.17, 15) is 15.0 Å². The Hall–Kier alpha value is -2.29. The molecule has 1 fully saturated rings. The van der Waals surface area contributed by atoms with Crippen molar-refractivity contribution in [3.05, 3.63) is 45.9 Å². The molecular formula is C30H49N3O9SSi. The van der Waals surface area contributed by atoms with Gasteiger partial charge in [0.1, 0.15) is 29.3 Å². The number of benzene rings is 1. The van der Waals surface area contributed by atoms with Crippen LogP contribution in [0.25, 0.3) is 10.4 Å². The van der Waals surface area contributed by atoms with Gasteiger partial charge >= 0.3 is 5.97 Å². The average molecular weight is 656 g/mol. The zero-order chi connectivity index (χ0) is 33.1. The van der Waals surface area contributed by atoms with Crippen molar-refractivity contribution in [3.63, 3.8) is 0 Å². The van der Waals surface area contributed by atoms with Gasteiger partial charge < -0.3 is 38.6 Å². The fourth-order valence-electron chi connectivity index (χ4n) is 4.49. The Kier molecular flexibility index (Phi) is 15.0. The van der Waals surface area contributed by atoms with Crippen LogP contribution in [0, 0.1) is 5.92 Å². The number of esters is 1. The van der Waals surface area contributed by atoms with Gasteiger partial charge in [-0.15, -0.1) is 0 Å². The van der Waals surface area contributed by atoms with Gasteiger partial charge in [0.2, 0.25) is 0 Å². The number of aliphatic hydroxyl groups is 2. The molecule has 1 saturated heterocycles. The Bertz CT molecular complexity index is 1160. The number of azide groups is 1. The summed E-state index contributed by atoms with van der Waals surface area (Å²) < 4.78 is 34.9. The van der Waals surface area contributed by atoms with Crippen LogP contribution in [0.15, 0.2) is 29.4 Å². The zero-order valence-corrected chi connectivity index (χ0v) is 29.0. The summed E-state index contributed by atoms with van der Waals surface area (Å²) >= 11 is 4.93. The van der Waals surface area contributed by atoms with Crippen molar-refractivity contribution in [2.24, 2.45) is 11.0 Å². The standard InChI is InChI=1S/C30H49N3O9SSi/c1-19(20(2)34)9-10-21(35)28-24(41-30(3,4)42-28)17-25(43)26-22(38-14-13-32-33-31)11-12-23(40-18-37-5)27(26)29(36)39-15-16-44(6,7)8/h9-12,19-21,24-25,28,34-35,43H,13-18H2,1-8H3/b10-9-/t19-,20+,21?,24-,25?,28-/m1/s1. The van der Waals surface area contributed by atoms with Gasteiger partial charge in [-0.1, -0.05) is 43.8 Å². The van der Waals surface area contributed by atoms with Crippen molar-refractivity contribution in [2.75, 3.05) is 33.7 Å². The first kappa shape index (κ1) is 37.9. The molecule has 0 spiro atoms. The first-order valence-electron chi connectivity index (χ1n) is 14.8. The Labute approximate surface area is 267 Å². The van der Waals surface area contributed by atoms with Gasteiger partial charge in [-0.25, -0.2) is 4.79 Å². The number of rotatable bonds is 18. The highest BCUT2D eigenvalue weighted by Gasteiger charge is 2.45. The molecule has 0 bridgehead atoms. The molecule has 1 aliphatic rings. The van der Waals surface area contributed by atoms with Crippen LogP contribution in [0.5, 0.6) is 11.5 Å². The lowest BCUT2D eigenvalue weighted by Gasteiger charge is -2.26. The molecule has 0 amide bonds. The summed E-state index contributed by atoms with van der Waals surface area (Å²) in [6.45, 7) is 13.9. The van der Waals surface area contributed by atoms with E-state index in [1.807, 2.05) is 6.92 Å². The van der Waals surface area contributed by atoms with Crippen LogP contribution in [0.1, 0.15) is 55.3 Å². The number of hydrogen-bond donors (Lipinski definition) is 3. The second-order valence-electron chi connectivity index (χ2n) is 12.5. The van der Waals surface area contributed by atoms with Gasteiger partial charge in [-0.2, -0.15) is 12.6 Å². The van der Waals surface area contributed by atoms with Gasteiger partial charge in [0.15, 0.2) is 12.6 Å². The summed E-state index contributed by atoms with van der Waals surface area (Å²) in [7, 11) is -0.0157. The van der Waals surface area contributed by atoms with Crippen molar-refractivity contribution < 1.29 is 43.4 Å². The Morgan fingerprint density at radius 3 is 2.45 bits per heavy atom. The fourth-order valence-corrected chi connectivity index (χ4v) is 5.66. The molecule has 6 atom stereocenters. The second-order valence-corrected chi connectivity index (χ2v) is 18.8. The third-order valence-electron chi connectivity index (χ3n) is 7.02. The zero-order valence-electron chi connectivity index (χ0n) is 27.1. The maximum absolute atomic E-state index is 13.7. The summed E-state index contributed by atoms with van der Waals surface area (Å²) in [4.78, 5) is 16.4. The Morgan fingerprint density at radius 2 is 1.84 bits per heavy atom. The Morgan fingerprint density at radius 1 is 1.16 bits per heavy atom.